The van der Waals surface area contributed by atoms with E-state index in [9.17, 15) is 4.39 Å². The van der Waals surface area contributed by atoms with Crippen LogP contribution in [0.5, 0.6) is 5.75 Å². The molecule has 2 rings (SSSR count). The summed E-state index contributed by atoms with van der Waals surface area (Å²) in [5, 5.41) is 0. The van der Waals surface area contributed by atoms with Crippen molar-refractivity contribution in [3.05, 3.63) is 42.0 Å². The first kappa shape index (κ1) is 11.8. The Kier molecular flexibility index (Phi) is 3.54. The Morgan fingerprint density at radius 3 is 2.88 bits per heavy atom. The average Bonchev–Trinajstić information content (AvgIpc) is 2.39. The Bertz CT molecular complexity index is 534. The summed E-state index contributed by atoms with van der Waals surface area (Å²) < 4.78 is 18.4. The summed E-state index contributed by atoms with van der Waals surface area (Å²) in [5.41, 5.74) is 1.20. The molecule has 1 aromatic heterocycles. The number of nitrogens with zero attached hydrogens (tertiary/aromatic N) is 2. The molecule has 1 heterocycles. The van der Waals surface area contributed by atoms with Crippen LogP contribution in [0.15, 0.2) is 30.5 Å². The van der Waals surface area contributed by atoms with Crippen molar-refractivity contribution in [3.8, 4) is 17.1 Å². The minimum atomic E-state index is -0.360. The minimum absolute atomic E-state index is 0.285. The van der Waals surface area contributed by atoms with Crippen molar-refractivity contribution in [1.82, 2.24) is 9.97 Å². The van der Waals surface area contributed by atoms with Gasteiger partial charge in [0.05, 0.1) is 24.2 Å². The van der Waals surface area contributed by atoms with Gasteiger partial charge in [-0.05, 0) is 24.3 Å². The molecule has 2 aromatic rings. The lowest BCUT2D eigenvalue weighted by Crippen LogP contribution is -1.96. The Morgan fingerprint density at radius 2 is 2.18 bits per heavy atom. The number of methoxy groups -OCH3 is 1. The van der Waals surface area contributed by atoms with Crippen molar-refractivity contribution in [2.45, 2.75) is 5.88 Å². The number of halogens is 2. The van der Waals surface area contributed by atoms with E-state index in [1.54, 1.807) is 18.3 Å². The molecule has 5 heteroatoms. The van der Waals surface area contributed by atoms with Gasteiger partial charge < -0.3 is 4.74 Å². The fourth-order valence-electron chi connectivity index (χ4n) is 1.46. The first-order chi connectivity index (χ1) is 8.24. The Balaban J connectivity index is 2.54. The number of hydrogen-bond acceptors (Lipinski definition) is 3. The van der Waals surface area contributed by atoms with Gasteiger partial charge in [-0.1, -0.05) is 0 Å². The van der Waals surface area contributed by atoms with Gasteiger partial charge in [0.2, 0.25) is 0 Å². The highest BCUT2D eigenvalue weighted by atomic mass is 35.5. The van der Waals surface area contributed by atoms with Gasteiger partial charge in [0.15, 0.2) is 5.82 Å². The fraction of sp³-hybridized carbons (Fsp3) is 0.167. The van der Waals surface area contributed by atoms with E-state index in [0.29, 0.717) is 22.8 Å². The summed E-state index contributed by atoms with van der Waals surface area (Å²) in [4.78, 5) is 8.31. The summed E-state index contributed by atoms with van der Waals surface area (Å²) in [5.74, 6) is 0.853. The summed E-state index contributed by atoms with van der Waals surface area (Å²) >= 11 is 5.70. The van der Waals surface area contributed by atoms with Crippen molar-refractivity contribution in [2.24, 2.45) is 0 Å². The van der Waals surface area contributed by atoms with E-state index in [4.69, 9.17) is 16.3 Å². The first-order valence-corrected chi connectivity index (χ1v) is 5.50. The van der Waals surface area contributed by atoms with Crippen LogP contribution in [0.1, 0.15) is 5.69 Å². The Labute approximate surface area is 103 Å². The van der Waals surface area contributed by atoms with Crippen molar-refractivity contribution in [3.63, 3.8) is 0 Å². The zero-order valence-corrected chi connectivity index (χ0v) is 9.91. The van der Waals surface area contributed by atoms with E-state index < -0.39 is 0 Å². The Morgan fingerprint density at radius 1 is 1.35 bits per heavy atom. The van der Waals surface area contributed by atoms with Gasteiger partial charge in [0, 0.05) is 6.20 Å². The second-order valence-electron chi connectivity index (χ2n) is 3.35. The number of hydrogen-bond donors (Lipinski definition) is 0. The fourth-order valence-corrected chi connectivity index (χ4v) is 1.60. The molecule has 0 saturated heterocycles. The van der Waals surface area contributed by atoms with Crippen LogP contribution in [0.3, 0.4) is 0 Å². The van der Waals surface area contributed by atoms with Gasteiger partial charge in [-0.3, -0.25) is 0 Å². The highest BCUT2D eigenvalue weighted by molar-refractivity contribution is 6.16. The topological polar surface area (TPSA) is 35.0 Å². The zero-order valence-electron chi connectivity index (χ0n) is 9.15. The largest absolute Gasteiger partial charge is 0.496 e. The molecule has 0 spiro atoms. The number of rotatable bonds is 3. The summed E-state index contributed by atoms with van der Waals surface area (Å²) in [6.45, 7) is 0. The smallest absolute Gasteiger partial charge is 0.163 e. The van der Waals surface area contributed by atoms with E-state index in [1.165, 1.54) is 19.2 Å². The molecule has 3 nitrogen and oxygen atoms in total. The first-order valence-electron chi connectivity index (χ1n) is 4.96. The summed E-state index contributed by atoms with van der Waals surface area (Å²) in [7, 11) is 1.52. The molecule has 0 fully saturated rings. The van der Waals surface area contributed by atoms with Crippen molar-refractivity contribution >= 4 is 11.6 Å². The maximum Gasteiger partial charge on any atom is 0.163 e. The highest BCUT2D eigenvalue weighted by Crippen LogP contribution is 2.27. The summed E-state index contributed by atoms with van der Waals surface area (Å²) in [6.07, 6.45) is 1.59. The van der Waals surface area contributed by atoms with Gasteiger partial charge >= 0.3 is 0 Å². The van der Waals surface area contributed by atoms with E-state index >= 15 is 0 Å². The van der Waals surface area contributed by atoms with Gasteiger partial charge in [-0.2, -0.15) is 0 Å². The third-order valence-corrected chi connectivity index (χ3v) is 2.53. The molecule has 0 aliphatic carbocycles. The zero-order chi connectivity index (χ0) is 12.3. The van der Waals surface area contributed by atoms with Crippen molar-refractivity contribution in [1.29, 1.82) is 0 Å². The molecule has 0 atom stereocenters. The van der Waals surface area contributed by atoms with Gasteiger partial charge in [-0.25, -0.2) is 14.4 Å². The second-order valence-corrected chi connectivity index (χ2v) is 3.62. The summed E-state index contributed by atoms with van der Waals surface area (Å²) in [6, 6.07) is 5.92. The van der Waals surface area contributed by atoms with E-state index in [-0.39, 0.29) is 11.7 Å². The van der Waals surface area contributed by atoms with Crippen LogP contribution < -0.4 is 4.74 Å². The lowest BCUT2D eigenvalue weighted by molar-refractivity contribution is 0.415. The molecule has 88 valence electrons. The second kappa shape index (κ2) is 5.10. The van der Waals surface area contributed by atoms with Gasteiger partial charge in [0.1, 0.15) is 11.6 Å². The number of aromatic nitrogens is 2. The maximum absolute atomic E-state index is 13.2. The normalized spacial score (nSPS) is 10.3. The lowest BCUT2D eigenvalue weighted by Gasteiger charge is -2.07. The number of ether oxygens (including phenoxy) is 1. The molecule has 0 N–H and O–H groups in total. The maximum atomic E-state index is 13.2. The van der Waals surface area contributed by atoms with Crippen LogP contribution in [0.25, 0.3) is 11.4 Å². The molecule has 0 unspecified atom stereocenters. The molecule has 0 saturated carbocycles. The van der Waals surface area contributed by atoms with Crippen molar-refractivity contribution in [2.75, 3.05) is 7.11 Å². The minimum Gasteiger partial charge on any atom is -0.496 e. The SMILES string of the molecule is COc1ccc(F)cc1-c1nccc(CCl)n1. The molecule has 0 amide bonds. The van der Waals surface area contributed by atoms with Crippen LogP contribution in [0.4, 0.5) is 4.39 Å². The number of benzene rings is 1. The molecule has 0 aliphatic heterocycles. The van der Waals surface area contributed by atoms with Gasteiger partial charge in [-0.15, -0.1) is 11.6 Å². The molecule has 17 heavy (non-hydrogen) atoms. The standard InChI is InChI=1S/C12H10ClFN2O/c1-17-11-3-2-8(14)6-10(11)12-15-5-4-9(7-13)16-12/h2-6H,7H2,1H3. The van der Waals surface area contributed by atoms with Crippen LogP contribution in [-0.2, 0) is 5.88 Å². The van der Waals surface area contributed by atoms with E-state index in [1.807, 2.05) is 0 Å². The van der Waals surface area contributed by atoms with Crippen LogP contribution in [0, 0.1) is 5.82 Å². The highest BCUT2D eigenvalue weighted by Gasteiger charge is 2.10. The molecule has 0 bridgehead atoms. The number of alkyl halides is 1. The average molecular weight is 253 g/mol. The van der Waals surface area contributed by atoms with E-state index in [2.05, 4.69) is 9.97 Å². The predicted octanol–water partition coefficient (Wildman–Crippen LogP) is 3.03. The molecule has 1 aromatic carbocycles. The molecule has 0 aliphatic rings. The molecular formula is C12H10ClFN2O. The lowest BCUT2D eigenvalue weighted by atomic mass is 10.2. The predicted molar refractivity (Wildman–Crippen MR) is 63.5 cm³/mol. The van der Waals surface area contributed by atoms with Gasteiger partial charge in [0.25, 0.3) is 0 Å². The Hall–Kier alpha value is -1.68. The van der Waals surface area contributed by atoms with E-state index in [0.717, 1.165) is 0 Å². The van der Waals surface area contributed by atoms with Crippen LogP contribution in [0.2, 0.25) is 0 Å². The third kappa shape index (κ3) is 2.53. The quantitative estimate of drug-likeness (QED) is 0.788. The third-order valence-electron chi connectivity index (χ3n) is 2.25. The van der Waals surface area contributed by atoms with Crippen LogP contribution in [-0.4, -0.2) is 17.1 Å². The van der Waals surface area contributed by atoms with Crippen LogP contribution >= 0.6 is 11.6 Å². The monoisotopic (exact) mass is 252 g/mol. The molecular weight excluding hydrogens is 243 g/mol. The van der Waals surface area contributed by atoms with Crippen molar-refractivity contribution < 1.29 is 9.13 Å². The molecule has 0 radical (unpaired) electrons.